The van der Waals surface area contributed by atoms with Crippen molar-refractivity contribution in [3.63, 3.8) is 0 Å². The standard InChI is InChI=1S/C15H17N7O/c1-11-8-14(18-21(11)2)17-15(23)13(22-10-16-19-20-22)9-12-6-4-3-5-7-12/h3-8,10,13H,9H2,1-2H3,(H,17,18,23)/t13-/m1/s1. The van der Waals surface area contributed by atoms with Crippen molar-refractivity contribution in [3.05, 3.63) is 54.0 Å². The van der Waals surface area contributed by atoms with Crippen LogP contribution < -0.4 is 5.32 Å². The van der Waals surface area contributed by atoms with Gasteiger partial charge in [-0.25, -0.2) is 4.68 Å². The first-order valence-corrected chi connectivity index (χ1v) is 7.21. The zero-order valence-electron chi connectivity index (χ0n) is 12.9. The zero-order chi connectivity index (χ0) is 16.2. The van der Waals surface area contributed by atoms with E-state index >= 15 is 0 Å². The minimum atomic E-state index is -0.547. The van der Waals surface area contributed by atoms with Gasteiger partial charge in [-0.3, -0.25) is 9.48 Å². The van der Waals surface area contributed by atoms with Gasteiger partial charge in [0.25, 0.3) is 5.91 Å². The van der Waals surface area contributed by atoms with Gasteiger partial charge in [-0.2, -0.15) is 5.10 Å². The van der Waals surface area contributed by atoms with Crippen LogP contribution in [-0.2, 0) is 18.3 Å². The normalized spacial score (nSPS) is 12.1. The Bertz CT molecular complexity index is 760. The predicted octanol–water partition coefficient (Wildman–Crippen LogP) is 1.14. The second kappa shape index (κ2) is 6.39. The smallest absolute Gasteiger partial charge is 0.250 e. The second-order valence-electron chi connectivity index (χ2n) is 5.28. The van der Waals surface area contributed by atoms with Crippen molar-refractivity contribution in [2.24, 2.45) is 7.05 Å². The van der Waals surface area contributed by atoms with Crippen LogP contribution >= 0.6 is 0 Å². The first-order valence-electron chi connectivity index (χ1n) is 7.21. The van der Waals surface area contributed by atoms with E-state index in [0.717, 1.165) is 11.3 Å². The van der Waals surface area contributed by atoms with Crippen LogP contribution in [0.5, 0.6) is 0 Å². The molecule has 0 bridgehead atoms. The van der Waals surface area contributed by atoms with Crippen molar-refractivity contribution in [1.29, 1.82) is 0 Å². The molecule has 0 unspecified atom stereocenters. The van der Waals surface area contributed by atoms with E-state index < -0.39 is 6.04 Å². The first-order chi connectivity index (χ1) is 11.1. The molecule has 0 saturated heterocycles. The largest absolute Gasteiger partial charge is 0.307 e. The van der Waals surface area contributed by atoms with Crippen LogP contribution in [0.1, 0.15) is 17.3 Å². The molecule has 8 nitrogen and oxygen atoms in total. The van der Waals surface area contributed by atoms with E-state index in [1.165, 1.54) is 11.0 Å². The molecule has 3 aromatic rings. The summed E-state index contributed by atoms with van der Waals surface area (Å²) in [7, 11) is 1.83. The van der Waals surface area contributed by atoms with Crippen molar-refractivity contribution in [1.82, 2.24) is 30.0 Å². The van der Waals surface area contributed by atoms with Gasteiger partial charge < -0.3 is 5.32 Å². The third-order valence-electron chi connectivity index (χ3n) is 3.62. The Balaban J connectivity index is 1.81. The van der Waals surface area contributed by atoms with Gasteiger partial charge in [0.2, 0.25) is 0 Å². The first kappa shape index (κ1) is 14.9. The molecule has 1 atom stereocenters. The highest BCUT2D eigenvalue weighted by atomic mass is 16.2. The van der Waals surface area contributed by atoms with Crippen LogP contribution in [0.25, 0.3) is 0 Å². The van der Waals surface area contributed by atoms with Crippen molar-refractivity contribution in [2.45, 2.75) is 19.4 Å². The number of carbonyl (C=O) groups excluding carboxylic acids is 1. The van der Waals surface area contributed by atoms with Crippen LogP contribution in [0.4, 0.5) is 5.82 Å². The zero-order valence-corrected chi connectivity index (χ0v) is 12.9. The maximum Gasteiger partial charge on any atom is 0.250 e. The van der Waals surface area contributed by atoms with Crippen LogP contribution in [0.15, 0.2) is 42.7 Å². The number of hydrogen-bond acceptors (Lipinski definition) is 5. The van der Waals surface area contributed by atoms with Gasteiger partial charge >= 0.3 is 0 Å². The summed E-state index contributed by atoms with van der Waals surface area (Å²) in [6.45, 7) is 1.92. The van der Waals surface area contributed by atoms with E-state index in [4.69, 9.17) is 0 Å². The van der Waals surface area contributed by atoms with Crippen molar-refractivity contribution in [3.8, 4) is 0 Å². The number of carbonyl (C=O) groups is 1. The number of rotatable bonds is 5. The molecule has 118 valence electrons. The number of tetrazole rings is 1. The summed E-state index contributed by atoms with van der Waals surface area (Å²) < 4.78 is 3.16. The third kappa shape index (κ3) is 3.42. The fraction of sp³-hybridized carbons (Fsp3) is 0.267. The lowest BCUT2D eigenvalue weighted by Gasteiger charge is -2.15. The highest BCUT2D eigenvalue weighted by molar-refractivity contribution is 5.93. The van der Waals surface area contributed by atoms with E-state index in [1.54, 1.807) is 4.68 Å². The SMILES string of the molecule is Cc1cc(NC(=O)[C@@H](Cc2ccccc2)n2cnnn2)nn1C. The summed E-state index contributed by atoms with van der Waals surface area (Å²) in [6, 6.07) is 11.0. The minimum Gasteiger partial charge on any atom is -0.307 e. The maximum atomic E-state index is 12.7. The Hall–Kier alpha value is -3.03. The summed E-state index contributed by atoms with van der Waals surface area (Å²) in [5.74, 6) is 0.306. The Morgan fingerprint density at radius 2 is 2.09 bits per heavy atom. The number of aryl methyl sites for hydroxylation is 2. The molecular formula is C15H17N7O. The van der Waals surface area contributed by atoms with Crippen molar-refractivity contribution >= 4 is 11.7 Å². The quantitative estimate of drug-likeness (QED) is 0.763. The number of benzene rings is 1. The molecule has 0 aliphatic rings. The average molecular weight is 311 g/mol. The lowest BCUT2D eigenvalue weighted by Crippen LogP contribution is -2.28. The number of anilines is 1. The molecule has 1 aromatic carbocycles. The molecule has 2 heterocycles. The van der Waals surface area contributed by atoms with Crippen LogP contribution in [-0.4, -0.2) is 35.9 Å². The van der Waals surface area contributed by atoms with E-state index in [-0.39, 0.29) is 5.91 Å². The van der Waals surface area contributed by atoms with Crippen LogP contribution in [0, 0.1) is 6.92 Å². The Labute approximate surface area is 133 Å². The lowest BCUT2D eigenvalue weighted by atomic mass is 10.1. The van der Waals surface area contributed by atoms with Crippen molar-refractivity contribution in [2.75, 3.05) is 5.32 Å². The molecule has 8 heteroatoms. The van der Waals surface area contributed by atoms with Gasteiger partial charge in [0, 0.05) is 25.2 Å². The van der Waals surface area contributed by atoms with E-state index in [1.807, 2.05) is 50.4 Å². The average Bonchev–Trinajstić information content (AvgIpc) is 3.16. The molecular weight excluding hydrogens is 294 g/mol. The predicted molar refractivity (Wildman–Crippen MR) is 83.6 cm³/mol. The fourth-order valence-electron chi connectivity index (χ4n) is 2.29. The topological polar surface area (TPSA) is 90.5 Å². The van der Waals surface area contributed by atoms with Gasteiger partial charge in [-0.05, 0) is 22.9 Å². The number of amides is 1. The Kier molecular flexibility index (Phi) is 4.13. The molecule has 0 aliphatic carbocycles. The van der Waals surface area contributed by atoms with E-state index in [0.29, 0.717) is 12.2 Å². The third-order valence-corrected chi connectivity index (χ3v) is 3.62. The lowest BCUT2D eigenvalue weighted by molar-refractivity contribution is -0.119. The summed E-state index contributed by atoms with van der Waals surface area (Å²) in [5, 5.41) is 18.2. The maximum absolute atomic E-state index is 12.7. The number of aromatic nitrogens is 6. The molecule has 3 rings (SSSR count). The summed E-state index contributed by atoms with van der Waals surface area (Å²) in [4.78, 5) is 12.7. The number of hydrogen-bond donors (Lipinski definition) is 1. The molecule has 0 aliphatic heterocycles. The summed E-state index contributed by atoms with van der Waals surface area (Å²) >= 11 is 0. The second-order valence-corrected chi connectivity index (χ2v) is 5.28. The molecule has 0 spiro atoms. The fourth-order valence-corrected chi connectivity index (χ4v) is 2.29. The molecule has 0 fully saturated rings. The van der Waals surface area contributed by atoms with E-state index in [2.05, 4.69) is 25.9 Å². The number of nitrogens with zero attached hydrogens (tertiary/aromatic N) is 6. The molecule has 0 saturated carbocycles. The highest BCUT2D eigenvalue weighted by Crippen LogP contribution is 2.16. The Morgan fingerprint density at radius 3 is 2.70 bits per heavy atom. The summed E-state index contributed by atoms with van der Waals surface area (Å²) in [5.41, 5.74) is 1.99. The Morgan fingerprint density at radius 1 is 1.30 bits per heavy atom. The molecule has 1 amide bonds. The monoisotopic (exact) mass is 311 g/mol. The van der Waals surface area contributed by atoms with Gasteiger partial charge in [0.15, 0.2) is 5.82 Å². The van der Waals surface area contributed by atoms with Crippen LogP contribution in [0.3, 0.4) is 0 Å². The van der Waals surface area contributed by atoms with Gasteiger partial charge in [-0.15, -0.1) is 5.10 Å². The van der Waals surface area contributed by atoms with Gasteiger partial charge in [0.1, 0.15) is 12.4 Å². The highest BCUT2D eigenvalue weighted by Gasteiger charge is 2.23. The number of nitrogens with one attached hydrogen (secondary N) is 1. The van der Waals surface area contributed by atoms with Gasteiger partial charge in [-0.1, -0.05) is 30.3 Å². The van der Waals surface area contributed by atoms with Crippen molar-refractivity contribution < 1.29 is 4.79 Å². The molecule has 2 aromatic heterocycles. The minimum absolute atomic E-state index is 0.209. The summed E-state index contributed by atoms with van der Waals surface area (Å²) in [6.07, 6.45) is 1.93. The van der Waals surface area contributed by atoms with E-state index in [9.17, 15) is 4.79 Å². The molecule has 23 heavy (non-hydrogen) atoms. The molecule has 1 N–H and O–H groups in total. The van der Waals surface area contributed by atoms with Crippen LogP contribution in [0.2, 0.25) is 0 Å². The molecule has 0 radical (unpaired) electrons. The van der Waals surface area contributed by atoms with Gasteiger partial charge in [0.05, 0.1) is 0 Å².